The Labute approximate surface area is 172 Å². The third-order valence-electron chi connectivity index (χ3n) is 6.27. The largest absolute Gasteiger partial charge is 0.497 e. The van der Waals surface area contributed by atoms with Crippen LogP contribution in [0.3, 0.4) is 0 Å². The van der Waals surface area contributed by atoms with Crippen LogP contribution in [0, 0.1) is 13.8 Å². The summed E-state index contributed by atoms with van der Waals surface area (Å²) in [6, 6.07) is 14.4. The van der Waals surface area contributed by atoms with E-state index in [0.29, 0.717) is 12.1 Å². The second-order valence-electron chi connectivity index (χ2n) is 8.04. The number of methoxy groups -OCH3 is 1. The Morgan fingerprint density at radius 1 is 1.17 bits per heavy atom. The number of H-pyrrole nitrogens is 1. The number of aromatic amines is 1. The first-order chi connectivity index (χ1) is 14.1. The van der Waals surface area contributed by atoms with E-state index in [1.807, 2.05) is 30.3 Å². The van der Waals surface area contributed by atoms with E-state index in [0.717, 1.165) is 35.4 Å². The molecule has 1 amide bonds. The molecular formula is C24H30N3O2+. The molecule has 0 unspecified atom stereocenters. The normalized spacial score (nSPS) is 15.6. The molecule has 1 aromatic heterocycles. The van der Waals surface area contributed by atoms with Gasteiger partial charge in [-0.15, -0.1) is 0 Å². The van der Waals surface area contributed by atoms with Crippen LogP contribution in [-0.2, 0) is 0 Å². The minimum Gasteiger partial charge on any atom is -0.497 e. The number of carbonyl (C=O) groups is 1. The zero-order valence-corrected chi connectivity index (χ0v) is 17.5. The summed E-state index contributed by atoms with van der Waals surface area (Å²) in [4.78, 5) is 17.8. The predicted octanol–water partition coefficient (Wildman–Crippen LogP) is 2.94. The van der Waals surface area contributed by atoms with Crippen LogP contribution in [0.25, 0.3) is 10.9 Å². The van der Waals surface area contributed by atoms with Gasteiger partial charge in [0.05, 0.1) is 26.7 Å². The minimum atomic E-state index is -0.0170. The van der Waals surface area contributed by atoms with Crippen molar-refractivity contribution in [2.24, 2.45) is 0 Å². The van der Waals surface area contributed by atoms with Crippen LogP contribution in [0.1, 0.15) is 46.1 Å². The maximum Gasteiger partial charge on any atom is 0.251 e. The average molecular weight is 393 g/mol. The standard InChI is InChI=1S/C24H29N3O2/c1-16-17(2)26-22-10-9-19(14-21(16)22)24(28)25-15-23(27-11-4-5-12-27)18-7-6-8-20(13-18)29-3/h6-10,13-14,23,26H,4-5,11-12,15H2,1-3H3,(H,25,28)/p+1/t23-/m0/s1. The SMILES string of the molecule is COc1cccc([C@H](CNC(=O)c2ccc3[nH]c(C)c(C)c3c2)[NH+]2CCCC2)c1. The maximum atomic E-state index is 12.9. The Kier molecular flexibility index (Phi) is 5.58. The molecule has 0 saturated carbocycles. The Hall–Kier alpha value is -2.79. The van der Waals surface area contributed by atoms with Gasteiger partial charge in [0.15, 0.2) is 0 Å². The lowest BCUT2D eigenvalue weighted by molar-refractivity contribution is -0.918. The van der Waals surface area contributed by atoms with Crippen LogP contribution in [0.2, 0.25) is 0 Å². The summed E-state index contributed by atoms with van der Waals surface area (Å²) < 4.78 is 5.42. The van der Waals surface area contributed by atoms with E-state index in [-0.39, 0.29) is 11.9 Å². The molecule has 1 atom stereocenters. The molecule has 152 valence electrons. The van der Waals surface area contributed by atoms with Crippen LogP contribution in [0.5, 0.6) is 5.75 Å². The van der Waals surface area contributed by atoms with E-state index in [9.17, 15) is 4.79 Å². The van der Waals surface area contributed by atoms with Gasteiger partial charge in [0.25, 0.3) is 5.91 Å². The third-order valence-corrected chi connectivity index (χ3v) is 6.27. The van der Waals surface area contributed by atoms with Crippen LogP contribution in [0.15, 0.2) is 42.5 Å². The van der Waals surface area contributed by atoms with Crippen molar-refractivity contribution in [3.63, 3.8) is 0 Å². The van der Waals surface area contributed by atoms with Gasteiger partial charge in [0.2, 0.25) is 0 Å². The summed E-state index contributed by atoms with van der Waals surface area (Å²) in [7, 11) is 1.69. The quantitative estimate of drug-likeness (QED) is 0.604. The van der Waals surface area contributed by atoms with Gasteiger partial charge >= 0.3 is 0 Å². The number of aromatic nitrogens is 1. The van der Waals surface area contributed by atoms with E-state index in [4.69, 9.17) is 4.74 Å². The summed E-state index contributed by atoms with van der Waals surface area (Å²) in [6.07, 6.45) is 2.49. The number of ether oxygens (including phenoxy) is 1. The highest BCUT2D eigenvalue weighted by Crippen LogP contribution is 2.23. The molecule has 1 fully saturated rings. The van der Waals surface area contributed by atoms with Gasteiger partial charge in [-0.05, 0) is 49.7 Å². The van der Waals surface area contributed by atoms with Crippen LogP contribution in [0.4, 0.5) is 0 Å². The highest BCUT2D eigenvalue weighted by molar-refractivity contribution is 5.99. The fraction of sp³-hybridized carbons (Fsp3) is 0.375. The summed E-state index contributed by atoms with van der Waals surface area (Å²) in [6.45, 7) is 7.06. The molecule has 1 aliphatic heterocycles. The molecule has 5 nitrogen and oxygen atoms in total. The zero-order valence-electron chi connectivity index (χ0n) is 17.5. The molecular weight excluding hydrogens is 362 g/mol. The molecule has 0 spiro atoms. The first kappa shape index (κ1) is 19.5. The molecule has 5 heteroatoms. The maximum absolute atomic E-state index is 12.9. The molecule has 0 radical (unpaired) electrons. The number of aryl methyl sites for hydroxylation is 2. The molecule has 0 aliphatic carbocycles. The highest BCUT2D eigenvalue weighted by Gasteiger charge is 2.28. The number of hydrogen-bond acceptors (Lipinski definition) is 2. The Balaban J connectivity index is 1.53. The molecule has 3 aromatic rings. The van der Waals surface area contributed by atoms with Crippen molar-refractivity contribution < 1.29 is 14.4 Å². The zero-order chi connectivity index (χ0) is 20.4. The summed E-state index contributed by atoms with van der Waals surface area (Å²) in [5.74, 6) is 0.845. The van der Waals surface area contributed by atoms with Crippen molar-refractivity contribution in [3.05, 3.63) is 64.8 Å². The highest BCUT2D eigenvalue weighted by atomic mass is 16.5. The van der Waals surface area contributed by atoms with Crippen LogP contribution >= 0.6 is 0 Å². The number of nitrogens with one attached hydrogen (secondary N) is 3. The molecule has 2 heterocycles. The van der Waals surface area contributed by atoms with Gasteiger partial charge in [-0.1, -0.05) is 12.1 Å². The van der Waals surface area contributed by atoms with Crippen molar-refractivity contribution in [3.8, 4) is 5.75 Å². The van der Waals surface area contributed by atoms with Gasteiger partial charge in [0.1, 0.15) is 11.8 Å². The number of rotatable bonds is 6. The molecule has 4 rings (SSSR count). The Bertz CT molecular complexity index is 1020. The first-order valence-electron chi connectivity index (χ1n) is 10.4. The van der Waals surface area contributed by atoms with Gasteiger partial charge < -0.3 is 19.9 Å². The van der Waals surface area contributed by atoms with Gasteiger partial charge in [-0.2, -0.15) is 0 Å². The molecule has 0 bridgehead atoms. The fourth-order valence-electron chi connectivity index (χ4n) is 4.43. The number of benzene rings is 2. The lowest BCUT2D eigenvalue weighted by atomic mass is 10.0. The van der Waals surface area contributed by atoms with Crippen molar-refractivity contribution in [1.29, 1.82) is 0 Å². The van der Waals surface area contributed by atoms with Gasteiger partial charge in [-0.3, -0.25) is 4.79 Å². The van der Waals surface area contributed by atoms with E-state index < -0.39 is 0 Å². The molecule has 1 aliphatic rings. The van der Waals surface area contributed by atoms with E-state index in [1.54, 1.807) is 7.11 Å². The molecule has 1 saturated heterocycles. The summed E-state index contributed by atoms with van der Waals surface area (Å²) in [5, 5.41) is 4.31. The minimum absolute atomic E-state index is 0.0170. The summed E-state index contributed by atoms with van der Waals surface area (Å²) in [5.41, 5.74) is 5.35. The van der Waals surface area contributed by atoms with Crippen LogP contribution < -0.4 is 15.0 Å². The first-order valence-corrected chi connectivity index (χ1v) is 10.4. The second-order valence-corrected chi connectivity index (χ2v) is 8.04. The van der Waals surface area contributed by atoms with Crippen molar-refractivity contribution in [2.45, 2.75) is 32.7 Å². The van der Waals surface area contributed by atoms with Gasteiger partial charge in [0, 0.05) is 40.6 Å². The number of hydrogen-bond donors (Lipinski definition) is 3. The fourth-order valence-corrected chi connectivity index (χ4v) is 4.43. The monoisotopic (exact) mass is 392 g/mol. The van der Waals surface area contributed by atoms with E-state index >= 15 is 0 Å². The lowest BCUT2D eigenvalue weighted by Gasteiger charge is -2.25. The predicted molar refractivity (Wildman–Crippen MR) is 116 cm³/mol. The average Bonchev–Trinajstić information content (AvgIpc) is 3.37. The number of carbonyl (C=O) groups excluding carboxylic acids is 1. The number of quaternary nitrogens is 1. The third kappa shape index (κ3) is 4.01. The van der Waals surface area contributed by atoms with Crippen LogP contribution in [-0.4, -0.2) is 37.6 Å². The topological polar surface area (TPSA) is 58.6 Å². The van der Waals surface area contributed by atoms with Crippen molar-refractivity contribution in [1.82, 2.24) is 10.3 Å². The lowest BCUT2D eigenvalue weighted by Crippen LogP contribution is -3.11. The summed E-state index contributed by atoms with van der Waals surface area (Å²) >= 11 is 0. The molecule has 3 N–H and O–H groups in total. The van der Waals surface area contributed by atoms with Gasteiger partial charge in [-0.25, -0.2) is 0 Å². The smallest absolute Gasteiger partial charge is 0.251 e. The van der Waals surface area contributed by atoms with Crippen molar-refractivity contribution >= 4 is 16.8 Å². The number of amides is 1. The van der Waals surface area contributed by atoms with E-state index in [2.05, 4.69) is 36.3 Å². The molecule has 29 heavy (non-hydrogen) atoms. The van der Waals surface area contributed by atoms with E-state index in [1.165, 1.54) is 28.9 Å². The van der Waals surface area contributed by atoms with Crippen molar-refractivity contribution in [2.75, 3.05) is 26.7 Å². The molecule has 2 aromatic carbocycles. The Morgan fingerprint density at radius 3 is 2.72 bits per heavy atom. The number of fused-ring (bicyclic) bond motifs is 1. The number of likely N-dealkylation sites (tertiary alicyclic amines) is 1. The second kappa shape index (κ2) is 8.29. The Morgan fingerprint density at radius 2 is 1.97 bits per heavy atom.